The number of carboxylic acids is 1. The summed E-state index contributed by atoms with van der Waals surface area (Å²) in [7, 11) is 10.8. The van der Waals surface area contributed by atoms with Crippen LogP contribution in [-0.2, 0) is 25.7 Å². The fraction of sp³-hybridized carbons (Fsp3) is 0.367. The first-order valence-electron chi connectivity index (χ1n) is 12.3. The summed E-state index contributed by atoms with van der Waals surface area (Å²) >= 11 is 0. The Morgan fingerprint density at radius 1 is 0.513 bits per heavy atom. The number of methoxy groups -OCH3 is 7. The molecule has 0 radical (unpaired) electrons. The summed E-state index contributed by atoms with van der Waals surface area (Å²) in [4.78, 5) is 12.8. The van der Waals surface area contributed by atoms with Gasteiger partial charge in [-0.25, -0.2) is 4.79 Å². The van der Waals surface area contributed by atoms with Crippen molar-refractivity contribution in [3.8, 4) is 40.2 Å². The molecule has 0 aliphatic heterocycles. The van der Waals surface area contributed by atoms with Crippen molar-refractivity contribution in [2.45, 2.75) is 25.7 Å². The van der Waals surface area contributed by atoms with Crippen LogP contribution in [0.15, 0.2) is 36.4 Å². The zero-order valence-corrected chi connectivity index (χ0v) is 23.5. The molecule has 0 fully saturated rings. The summed E-state index contributed by atoms with van der Waals surface area (Å²) in [5.74, 6) is 2.52. The van der Waals surface area contributed by atoms with Crippen LogP contribution in [0.5, 0.6) is 40.2 Å². The molecule has 0 saturated heterocycles. The first-order chi connectivity index (χ1) is 18.8. The average Bonchev–Trinajstić information content (AvgIpc) is 2.96. The molecule has 0 atom stereocenters. The summed E-state index contributed by atoms with van der Waals surface area (Å²) in [5.41, 5.74) is 3.01. The average molecular weight is 541 g/mol. The molecule has 39 heavy (non-hydrogen) atoms. The maximum absolute atomic E-state index is 12.8. The number of carbonyl (C=O) groups is 1. The van der Waals surface area contributed by atoms with Crippen molar-refractivity contribution in [1.29, 1.82) is 0 Å². The topological polar surface area (TPSA) is 102 Å². The standard InChI is InChI=1S/C30H36O9/c1-33-20-12-18(13-21(16-20)34-2)8-10-24-26(30(31)32)25(28(38-6)29(39-7)27(24)37-5)11-9-19-14-22(35-3)17-23(15-19)36-4/h12-17H,8-11H2,1-7H3,(H,31,32). The van der Waals surface area contributed by atoms with Gasteiger partial charge in [-0.2, -0.15) is 0 Å². The van der Waals surface area contributed by atoms with Crippen molar-refractivity contribution >= 4 is 5.97 Å². The van der Waals surface area contributed by atoms with Crippen molar-refractivity contribution in [3.05, 3.63) is 64.2 Å². The number of aryl methyl sites for hydroxylation is 2. The van der Waals surface area contributed by atoms with Crippen LogP contribution in [0, 0.1) is 0 Å². The number of hydrogen-bond donors (Lipinski definition) is 1. The zero-order chi connectivity index (χ0) is 28.5. The Hall–Kier alpha value is -4.27. The van der Waals surface area contributed by atoms with Crippen LogP contribution in [0.25, 0.3) is 0 Å². The number of rotatable bonds is 14. The first kappa shape index (κ1) is 29.3. The van der Waals surface area contributed by atoms with E-state index in [4.69, 9.17) is 33.2 Å². The van der Waals surface area contributed by atoms with Gasteiger partial charge in [0.25, 0.3) is 0 Å². The minimum Gasteiger partial charge on any atom is -0.497 e. The molecule has 0 aliphatic rings. The monoisotopic (exact) mass is 540 g/mol. The second-order valence-electron chi connectivity index (χ2n) is 8.68. The molecule has 0 amide bonds. The summed E-state index contributed by atoms with van der Waals surface area (Å²) < 4.78 is 38.7. The highest BCUT2D eigenvalue weighted by molar-refractivity contribution is 5.94. The van der Waals surface area contributed by atoms with Crippen LogP contribution < -0.4 is 33.2 Å². The van der Waals surface area contributed by atoms with Crippen LogP contribution in [0.2, 0.25) is 0 Å². The minimum absolute atomic E-state index is 0.134. The highest BCUT2D eigenvalue weighted by Gasteiger charge is 2.29. The lowest BCUT2D eigenvalue weighted by molar-refractivity contribution is 0.0693. The zero-order valence-electron chi connectivity index (χ0n) is 23.5. The van der Waals surface area contributed by atoms with Crippen molar-refractivity contribution < 1.29 is 43.1 Å². The van der Waals surface area contributed by atoms with Gasteiger partial charge in [-0.15, -0.1) is 0 Å². The minimum atomic E-state index is -1.08. The van der Waals surface area contributed by atoms with Crippen LogP contribution in [-0.4, -0.2) is 60.8 Å². The predicted octanol–water partition coefficient (Wildman–Crippen LogP) is 5.02. The number of ether oxygens (including phenoxy) is 7. The molecule has 0 heterocycles. The van der Waals surface area contributed by atoms with E-state index in [1.807, 2.05) is 24.3 Å². The third-order valence-electron chi connectivity index (χ3n) is 6.54. The number of benzene rings is 3. The van der Waals surface area contributed by atoms with Crippen LogP contribution in [0.3, 0.4) is 0 Å². The molecular formula is C30H36O9. The molecule has 9 heteroatoms. The molecule has 1 N–H and O–H groups in total. The Bertz CT molecular complexity index is 1170. The lowest BCUT2D eigenvalue weighted by atomic mass is 9.90. The van der Waals surface area contributed by atoms with Gasteiger partial charge in [0.15, 0.2) is 11.5 Å². The van der Waals surface area contributed by atoms with Gasteiger partial charge in [-0.3, -0.25) is 0 Å². The molecular weight excluding hydrogens is 504 g/mol. The van der Waals surface area contributed by atoms with E-state index in [1.165, 1.54) is 21.3 Å². The third kappa shape index (κ3) is 6.60. The Labute approximate surface area is 229 Å². The van der Waals surface area contributed by atoms with Gasteiger partial charge in [-0.05, 0) is 61.1 Å². The summed E-state index contributed by atoms with van der Waals surface area (Å²) in [5, 5.41) is 10.4. The molecule has 3 rings (SSSR count). The second-order valence-corrected chi connectivity index (χ2v) is 8.68. The van der Waals surface area contributed by atoms with Crippen LogP contribution in [0.1, 0.15) is 32.6 Å². The molecule has 9 nitrogen and oxygen atoms in total. The normalized spacial score (nSPS) is 10.5. The lowest BCUT2D eigenvalue weighted by Crippen LogP contribution is -2.14. The Kier molecular flexibility index (Phi) is 10.1. The lowest BCUT2D eigenvalue weighted by Gasteiger charge is -2.23. The number of carboxylic acid groups (broad SMARTS) is 1. The summed E-state index contributed by atoms with van der Waals surface area (Å²) in [6.45, 7) is 0. The van der Waals surface area contributed by atoms with Gasteiger partial charge in [-0.1, -0.05) is 0 Å². The molecule has 0 bridgehead atoms. The third-order valence-corrected chi connectivity index (χ3v) is 6.54. The van der Waals surface area contributed by atoms with Gasteiger partial charge >= 0.3 is 5.97 Å². The first-order valence-corrected chi connectivity index (χ1v) is 12.3. The van der Waals surface area contributed by atoms with Crippen molar-refractivity contribution in [2.24, 2.45) is 0 Å². The van der Waals surface area contributed by atoms with Crippen LogP contribution >= 0.6 is 0 Å². The Morgan fingerprint density at radius 3 is 1.10 bits per heavy atom. The summed E-state index contributed by atoms with van der Waals surface area (Å²) in [6.07, 6.45) is 1.74. The van der Waals surface area contributed by atoms with Gasteiger partial charge in [0.05, 0.1) is 55.3 Å². The molecule has 0 spiro atoms. The smallest absolute Gasteiger partial charge is 0.336 e. The van der Waals surface area contributed by atoms with E-state index in [2.05, 4.69) is 0 Å². The fourth-order valence-corrected chi connectivity index (χ4v) is 4.70. The van der Waals surface area contributed by atoms with Gasteiger partial charge in [0.1, 0.15) is 23.0 Å². The van der Waals surface area contributed by atoms with Crippen molar-refractivity contribution in [2.75, 3.05) is 49.8 Å². The quantitative estimate of drug-likeness (QED) is 0.302. The summed E-state index contributed by atoms with van der Waals surface area (Å²) in [6, 6.07) is 11.2. The second kappa shape index (κ2) is 13.5. The largest absolute Gasteiger partial charge is 0.497 e. The molecule has 0 aromatic heterocycles. The number of aromatic carboxylic acids is 1. The van der Waals surface area contributed by atoms with Gasteiger partial charge in [0.2, 0.25) is 5.75 Å². The molecule has 3 aromatic rings. The maximum atomic E-state index is 12.8. The van der Waals surface area contributed by atoms with E-state index in [0.29, 0.717) is 77.1 Å². The Balaban J connectivity index is 2.11. The van der Waals surface area contributed by atoms with E-state index in [0.717, 1.165) is 11.1 Å². The van der Waals surface area contributed by atoms with Crippen molar-refractivity contribution in [1.82, 2.24) is 0 Å². The van der Waals surface area contributed by atoms with Crippen molar-refractivity contribution in [3.63, 3.8) is 0 Å². The molecule has 0 aliphatic carbocycles. The van der Waals surface area contributed by atoms with E-state index < -0.39 is 5.97 Å². The van der Waals surface area contributed by atoms with E-state index in [1.54, 1.807) is 40.6 Å². The molecule has 0 unspecified atom stereocenters. The van der Waals surface area contributed by atoms with Gasteiger partial charge < -0.3 is 38.3 Å². The fourth-order valence-electron chi connectivity index (χ4n) is 4.70. The van der Waals surface area contributed by atoms with E-state index in [-0.39, 0.29) is 5.56 Å². The molecule has 210 valence electrons. The number of hydrogen-bond acceptors (Lipinski definition) is 8. The van der Waals surface area contributed by atoms with E-state index >= 15 is 0 Å². The van der Waals surface area contributed by atoms with Gasteiger partial charge in [0, 0.05) is 23.3 Å². The SMILES string of the molecule is COc1cc(CCc2c(OC)c(OC)c(OC)c(CCc3cc(OC)cc(OC)c3)c2C(=O)O)cc(OC)c1. The predicted molar refractivity (Wildman–Crippen MR) is 147 cm³/mol. The van der Waals surface area contributed by atoms with E-state index in [9.17, 15) is 9.90 Å². The highest BCUT2D eigenvalue weighted by Crippen LogP contribution is 2.46. The molecule has 0 saturated carbocycles. The molecule has 3 aromatic carbocycles. The Morgan fingerprint density at radius 2 is 0.846 bits per heavy atom. The van der Waals surface area contributed by atoms with Crippen LogP contribution in [0.4, 0.5) is 0 Å². The highest BCUT2D eigenvalue weighted by atomic mass is 16.5. The maximum Gasteiger partial charge on any atom is 0.336 e.